The van der Waals surface area contributed by atoms with Crippen molar-refractivity contribution in [2.45, 2.75) is 65.5 Å². The van der Waals surface area contributed by atoms with Crippen LogP contribution in [0.2, 0.25) is 0 Å². The molecule has 1 aromatic heterocycles. The van der Waals surface area contributed by atoms with Gasteiger partial charge in [0.2, 0.25) is 5.91 Å². The van der Waals surface area contributed by atoms with Crippen LogP contribution in [0, 0.1) is 5.92 Å². The third-order valence-corrected chi connectivity index (χ3v) is 6.12. The van der Waals surface area contributed by atoms with Crippen molar-refractivity contribution in [2.24, 2.45) is 10.9 Å². The largest absolute Gasteiger partial charge is 0.357 e. The molecule has 0 saturated heterocycles. The number of nitrogens with one attached hydrogen (secondary N) is 3. The number of halogens is 1. The van der Waals surface area contributed by atoms with E-state index in [1.807, 2.05) is 24.3 Å². The maximum absolute atomic E-state index is 12.4. The maximum atomic E-state index is 12.4. The van der Waals surface area contributed by atoms with Gasteiger partial charge in [0, 0.05) is 23.5 Å². The zero-order chi connectivity index (χ0) is 21.3. The molecule has 0 atom stereocenters. The molecule has 8 heteroatoms. The molecule has 0 aliphatic heterocycles. The number of hydrogen-bond acceptors (Lipinski definition) is 4. The number of aliphatic imine (C=N–C) groups is 1. The fourth-order valence-corrected chi connectivity index (χ4v) is 4.42. The van der Waals surface area contributed by atoms with Crippen LogP contribution in [0.3, 0.4) is 0 Å². The number of anilines is 1. The third-order valence-electron chi connectivity index (χ3n) is 5.25. The molecule has 1 amide bonds. The zero-order valence-electron chi connectivity index (χ0n) is 18.6. The van der Waals surface area contributed by atoms with Crippen molar-refractivity contribution >= 4 is 52.9 Å². The topological polar surface area (TPSA) is 78.4 Å². The van der Waals surface area contributed by atoms with Crippen LogP contribution in [0.15, 0.2) is 34.6 Å². The Morgan fingerprint density at radius 2 is 2.03 bits per heavy atom. The van der Waals surface area contributed by atoms with Crippen molar-refractivity contribution in [3.8, 4) is 0 Å². The van der Waals surface area contributed by atoms with Crippen molar-refractivity contribution in [3.63, 3.8) is 0 Å². The molecule has 1 aliphatic rings. The van der Waals surface area contributed by atoms with Gasteiger partial charge in [-0.15, -0.1) is 35.3 Å². The van der Waals surface area contributed by atoms with E-state index in [-0.39, 0.29) is 35.8 Å². The Bertz CT molecular complexity index is 861. The maximum Gasteiger partial charge on any atom is 0.227 e. The molecule has 1 heterocycles. The first kappa shape index (κ1) is 25.6. The Morgan fingerprint density at radius 3 is 2.71 bits per heavy atom. The smallest absolute Gasteiger partial charge is 0.227 e. The quantitative estimate of drug-likeness (QED) is 0.236. The van der Waals surface area contributed by atoms with E-state index in [4.69, 9.17) is 4.99 Å². The molecule has 1 saturated carbocycles. The van der Waals surface area contributed by atoms with Crippen LogP contribution in [-0.2, 0) is 17.9 Å². The average Bonchev–Trinajstić information content (AvgIpc) is 3.42. The second kappa shape index (κ2) is 13.0. The summed E-state index contributed by atoms with van der Waals surface area (Å²) in [5.41, 5.74) is 3.05. The summed E-state index contributed by atoms with van der Waals surface area (Å²) < 4.78 is 0. The van der Waals surface area contributed by atoms with Crippen molar-refractivity contribution in [2.75, 3.05) is 11.9 Å². The lowest BCUT2D eigenvalue weighted by atomic mass is 10.1. The lowest BCUT2D eigenvalue weighted by molar-refractivity contribution is -0.119. The first-order valence-corrected chi connectivity index (χ1v) is 11.8. The molecule has 170 valence electrons. The van der Waals surface area contributed by atoms with Gasteiger partial charge in [-0.05, 0) is 43.4 Å². The summed E-state index contributed by atoms with van der Waals surface area (Å²) in [5, 5.41) is 12.9. The molecule has 1 aliphatic carbocycles. The van der Waals surface area contributed by atoms with Gasteiger partial charge in [-0.1, -0.05) is 38.8 Å². The Labute approximate surface area is 206 Å². The number of hydrogen-bond donors (Lipinski definition) is 3. The molecule has 1 fully saturated rings. The third kappa shape index (κ3) is 8.07. The Hall–Kier alpha value is -1.68. The van der Waals surface area contributed by atoms with E-state index in [2.05, 4.69) is 47.1 Å². The van der Waals surface area contributed by atoms with Crippen LogP contribution in [0.4, 0.5) is 5.69 Å². The Kier molecular flexibility index (Phi) is 10.7. The molecule has 1 aromatic carbocycles. The summed E-state index contributed by atoms with van der Waals surface area (Å²) >= 11 is 1.67. The highest BCUT2D eigenvalue weighted by Crippen LogP contribution is 2.26. The number of rotatable bonds is 8. The number of guanidine groups is 1. The van der Waals surface area contributed by atoms with Gasteiger partial charge in [0.15, 0.2) is 5.96 Å². The second-order valence-electron chi connectivity index (χ2n) is 8.04. The van der Waals surface area contributed by atoms with Crippen molar-refractivity contribution < 1.29 is 4.79 Å². The van der Waals surface area contributed by atoms with Crippen LogP contribution >= 0.6 is 35.3 Å². The number of thiazole rings is 1. The van der Waals surface area contributed by atoms with E-state index in [0.717, 1.165) is 60.1 Å². The van der Waals surface area contributed by atoms with E-state index < -0.39 is 0 Å². The van der Waals surface area contributed by atoms with Gasteiger partial charge in [-0.25, -0.2) is 9.98 Å². The fourth-order valence-electron chi connectivity index (χ4n) is 3.52. The fraction of sp³-hybridized carbons (Fsp3) is 0.522. The Morgan fingerprint density at radius 1 is 1.26 bits per heavy atom. The minimum absolute atomic E-state index is 0. The highest BCUT2D eigenvalue weighted by Gasteiger charge is 2.22. The van der Waals surface area contributed by atoms with Crippen LogP contribution < -0.4 is 16.0 Å². The van der Waals surface area contributed by atoms with Gasteiger partial charge >= 0.3 is 0 Å². The summed E-state index contributed by atoms with van der Waals surface area (Å²) in [6, 6.07) is 7.96. The van der Waals surface area contributed by atoms with Crippen molar-refractivity contribution in [1.82, 2.24) is 15.6 Å². The lowest BCUT2D eigenvalue weighted by Crippen LogP contribution is -2.36. The van der Waals surface area contributed by atoms with E-state index in [9.17, 15) is 4.79 Å². The zero-order valence-corrected chi connectivity index (χ0v) is 21.8. The second-order valence-corrected chi connectivity index (χ2v) is 8.98. The minimum atomic E-state index is 0. The van der Waals surface area contributed by atoms with E-state index in [0.29, 0.717) is 19.0 Å². The van der Waals surface area contributed by atoms with Gasteiger partial charge in [-0.2, -0.15) is 0 Å². The molecule has 3 rings (SSSR count). The van der Waals surface area contributed by atoms with Crippen molar-refractivity contribution in [1.29, 1.82) is 0 Å². The summed E-state index contributed by atoms with van der Waals surface area (Å²) in [5.74, 6) is 1.52. The SMILES string of the molecule is CCNC(=NCc1cccc(NC(=O)C2CCCC2)c1)NCc1nc(C(C)C)cs1.I. The van der Waals surface area contributed by atoms with E-state index >= 15 is 0 Å². The summed E-state index contributed by atoms with van der Waals surface area (Å²) in [7, 11) is 0. The molecular weight excluding hydrogens is 521 g/mol. The van der Waals surface area contributed by atoms with Crippen LogP contribution in [0.1, 0.15) is 68.6 Å². The number of aromatic nitrogens is 1. The van der Waals surface area contributed by atoms with Gasteiger partial charge < -0.3 is 16.0 Å². The molecule has 0 unspecified atom stereocenters. The van der Waals surface area contributed by atoms with Gasteiger partial charge in [0.25, 0.3) is 0 Å². The van der Waals surface area contributed by atoms with E-state index in [1.165, 1.54) is 0 Å². The number of amides is 1. The Balaban J connectivity index is 0.00000341. The average molecular weight is 556 g/mol. The number of carbonyl (C=O) groups is 1. The predicted molar refractivity (Wildman–Crippen MR) is 140 cm³/mol. The number of nitrogens with zero attached hydrogens (tertiary/aromatic N) is 2. The predicted octanol–water partition coefficient (Wildman–Crippen LogP) is 5.27. The molecule has 31 heavy (non-hydrogen) atoms. The van der Waals surface area contributed by atoms with Gasteiger partial charge in [0.05, 0.1) is 18.8 Å². The highest BCUT2D eigenvalue weighted by molar-refractivity contribution is 14.0. The molecule has 0 radical (unpaired) electrons. The standard InChI is InChI=1S/C23H33N5OS.HI/c1-4-24-23(26-14-21-28-20(15-30-21)16(2)3)25-13-17-8-7-11-19(12-17)27-22(29)18-9-5-6-10-18;/h7-8,11-12,15-16,18H,4-6,9-10,13-14H2,1-3H3,(H,27,29)(H2,24,25,26);1H. The first-order valence-electron chi connectivity index (χ1n) is 10.9. The summed E-state index contributed by atoms with van der Waals surface area (Å²) in [6.07, 6.45) is 4.33. The molecule has 3 N–H and O–H groups in total. The lowest BCUT2D eigenvalue weighted by Gasteiger charge is -2.12. The van der Waals surface area contributed by atoms with Crippen LogP contribution in [0.25, 0.3) is 0 Å². The number of benzene rings is 1. The van der Waals surface area contributed by atoms with Crippen LogP contribution in [-0.4, -0.2) is 23.4 Å². The number of carbonyl (C=O) groups excluding carboxylic acids is 1. The molecule has 2 aromatic rings. The van der Waals surface area contributed by atoms with Gasteiger partial charge in [0.1, 0.15) is 5.01 Å². The molecule has 0 spiro atoms. The summed E-state index contributed by atoms with van der Waals surface area (Å²) in [4.78, 5) is 21.7. The van der Waals surface area contributed by atoms with Crippen molar-refractivity contribution in [3.05, 3.63) is 45.9 Å². The monoisotopic (exact) mass is 555 g/mol. The first-order chi connectivity index (χ1) is 14.5. The molecule has 0 bridgehead atoms. The molecule has 6 nitrogen and oxygen atoms in total. The van der Waals surface area contributed by atoms with E-state index in [1.54, 1.807) is 11.3 Å². The molecular formula is C23H34IN5OS. The summed E-state index contributed by atoms with van der Waals surface area (Å²) in [6.45, 7) is 8.34. The minimum Gasteiger partial charge on any atom is -0.357 e. The highest BCUT2D eigenvalue weighted by atomic mass is 127. The normalized spacial score (nSPS) is 14.4. The van der Waals surface area contributed by atoms with Gasteiger partial charge in [-0.3, -0.25) is 4.79 Å². The van der Waals surface area contributed by atoms with Crippen LogP contribution in [0.5, 0.6) is 0 Å².